The van der Waals surface area contributed by atoms with E-state index < -0.39 is 0 Å². The Morgan fingerprint density at radius 2 is 1.95 bits per heavy atom. The highest BCUT2D eigenvalue weighted by atomic mass is 16.5. The van der Waals surface area contributed by atoms with Gasteiger partial charge in [0.2, 0.25) is 0 Å². The van der Waals surface area contributed by atoms with Gasteiger partial charge in [-0.15, -0.1) is 0 Å². The second-order valence-electron chi connectivity index (χ2n) is 6.81. The molecule has 4 rings (SSSR count). The van der Waals surface area contributed by atoms with Crippen LogP contribution in [0.5, 0.6) is 0 Å². The lowest BCUT2D eigenvalue weighted by atomic mass is 9.60. The molecule has 0 radical (unpaired) electrons. The molecule has 3 aliphatic rings. The Balaban J connectivity index is 1.46. The van der Waals surface area contributed by atoms with Crippen molar-refractivity contribution in [1.82, 2.24) is 5.32 Å². The molecule has 1 aliphatic heterocycles. The zero-order chi connectivity index (χ0) is 14.1. The minimum Gasteiger partial charge on any atom is -0.377 e. The molecule has 4 atom stereocenters. The molecule has 2 saturated carbocycles. The number of fused-ring (bicyclic) bond motifs is 1. The zero-order valence-corrected chi connectivity index (χ0v) is 12.6. The molecule has 2 fully saturated rings. The van der Waals surface area contributed by atoms with Crippen LogP contribution in [-0.2, 0) is 4.74 Å². The molecule has 21 heavy (non-hydrogen) atoms. The Labute approximate surface area is 127 Å². The second-order valence-corrected chi connectivity index (χ2v) is 6.81. The number of hydrogen-bond acceptors (Lipinski definition) is 2. The van der Waals surface area contributed by atoms with Crippen LogP contribution < -0.4 is 5.32 Å². The molecule has 0 aromatic heterocycles. The van der Waals surface area contributed by atoms with Crippen LogP contribution in [0.25, 0.3) is 0 Å². The van der Waals surface area contributed by atoms with E-state index in [1.165, 1.54) is 30.4 Å². The summed E-state index contributed by atoms with van der Waals surface area (Å²) >= 11 is 0. The first kappa shape index (κ1) is 13.5. The molecule has 2 heteroatoms. The maximum atomic E-state index is 5.56. The smallest absolute Gasteiger partial charge is 0.0689 e. The summed E-state index contributed by atoms with van der Waals surface area (Å²) in [6.45, 7) is 2.73. The van der Waals surface area contributed by atoms with Crippen LogP contribution in [0.3, 0.4) is 0 Å². The van der Waals surface area contributed by atoms with Crippen molar-refractivity contribution in [1.29, 1.82) is 0 Å². The van der Waals surface area contributed by atoms with Gasteiger partial charge in [-0.25, -0.2) is 0 Å². The van der Waals surface area contributed by atoms with Crippen LogP contribution in [0.15, 0.2) is 42.0 Å². The molecule has 1 aromatic rings. The fourth-order valence-electron chi connectivity index (χ4n) is 4.69. The van der Waals surface area contributed by atoms with E-state index in [0.29, 0.717) is 6.04 Å². The third-order valence-electron chi connectivity index (χ3n) is 5.67. The van der Waals surface area contributed by atoms with Crippen molar-refractivity contribution in [3.63, 3.8) is 0 Å². The van der Waals surface area contributed by atoms with Crippen molar-refractivity contribution in [3.05, 3.63) is 47.5 Å². The van der Waals surface area contributed by atoms with Crippen molar-refractivity contribution < 1.29 is 4.74 Å². The lowest BCUT2D eigenvalue weighted by Crippen LogP contribution is -2.55. The van der Waals surface area contributed by atoms with Gasteiger partial charge >= 0.3 is 0 Å². The lowest BCUT2D eigenvalue weighted by Gasteiger charge is -2.50. The van der Waals surface area contributed by atoms with E-state index >= 15 is 0 Å². The van der Waals surface area contributed by atoms with Crippen LogP contribution >= 0.6 is 0 Å². The molecule has 1 aromatic carbocycles. The zero-order valence-electron chi connectivity index (χ0n) is 12.6. The average molecular weight is 283 g/mol. The summed E-state index contributed by atoms with van der Waals surface area (Å²) in [7, 11) is 0. The van der Waals surface area contributed by atoms with E-state index in [1.54, 1.807) is 0 Å². The van der Waals surface area contributed by atoms with Crippen molar-refractivity contribution in [2.75, 3.05) is 19.8 Å². The maximum absolute atomic E-state index is 5.56. The van der Waals surface area contributed by atoms with Crippen molar-refractivity contribution in [3.8, 4) is 0 Å². The number of ether oxygens (including phenoxy) is 1. The standard InChI is InChI=1S/C19H25NO/c1-2-7-15(8-3-1)18-16-9-4-10-17(16)19(18)20-12-14-6-5-11-21-13-14/h1-3,6-8,16-20H,4-5,9-13H2/t16-,17-,18+,19+/m0/s1. The Hall–Kier alpha value is -1.12. The van der Waals surface area contributed by atoms with E-state index in [1.807, 2.05) is 0 Å². The summed E-state index contributed by atoms with van der Waals surface area (Å²) < 4.78 is 5.56. The van der Waals surface area contributed by atoms with Gasteiger partial charge in [-0.05, 0) is 42.2 Å². The number of rotatable bonds is 4. The molecule has 112 valence electrons. The van der Waals surface area contributed by atoms with Crippen LogP contribution in [0.4, 0.5) is 0 Å². The van der Waals surface area contributed by atoms with E-state index in [0.717, 1.165) is 43.9 Å². The number of benzene rings is 1. The molecular formula is C19H25NO. The highest BCUT2D eigenvalue weighted by Crippen LogP contribution is 2.55. The normalized spacial score (nSPS) is 35.0. The molecule has 0 unspecified atom stereocenters. The number of hydrogen-bond donors (Lipinski definition) is 1. The SMILES string of the molecule is C1=C(CN[C@@H]2[C@H]3CCC[C@@H]3[C@H]2c2ccccc2)COCC1. The molecule has 1 heterocycles. The van der Waals surface area contributed by atoms with Gasteiger partial charge in [-0.2, -0.15) is 0 Å². The van der Waals surface area contributed by atoms with Crippen molar-refractivity contribution in [2.45, 2.75) is 37.6 Å². The summed E-state index contributed by atoms with van der Waals surface area (Å²) in [4.78, 5) is 0. The summed E-state index contributed by atoms with van der Waals surface area (Å²) in [6.07, 6.45) is 7.70. The lowest BCUT2D eigenvalue weighted by molar-refractivity contribution is 0.0946. The Morgan fingerprint density at radius 1 is 1.10 bits per heavy atom. The minimum atomic E-state index is 0.669. The van der Waals surface area contributed by atoms with E-state index in [2.05, 4.69) is 41.7 Å². The summed E-state index contributed by atoms with van der Waals surface area (Å²) in [5, 5.41) is 3.86. The van der Waals surface area contributed by atoms with Crippen molar-refractivity contribution in [2.24, 2.45) is 11.8 Å². The summed E-state index contributed by atoms with van der Waals surface area (Å²) in [6, 6.07) is 11.8. The quantitative estimate of drug-likeness (QED) is 0.854. The molecule has 0 saturated heterocycles. The van der Waals surface area contributed by atoms with E-state index in [9.17, 15) is 0 Å². The molecule has 0 spiro atoms. The topological polar surface area (TPSA) is 21.3 Å². The van der Waals surface area contributed by atoms with Crippen LogP contribution in [0.2, 0.25) is 0 Å². The third-order valence-corrected chi connectivity index (χ3v) is 5.67. The second kappa shape index (κ2) is 5.94. The fraction of sp³-hybridized carbons (Fsp3) is 0.579. The first-order chi connectivity index (χ1) is 10.4. The Kier molecular flexibility index (Phi) is 3.83. The van der Waals surface area contributed by atoms with Crippen LogP contribution in [0, 0.1) is 11.8 Å². The largest absolute Gasteiger partial charge is 0.377 e. The summed E-state index contributed by atoms with van der Waals surface area (Å²) in [5.74, 6) is 2.55. The Bertz CT molecular complexity index is 510. The Morgan fingerprint density at radius 3 is 2.76 bits per heavy atom. The fourth-order valence-corrected chi connectivity index (χ4v) is 4.69. The van der Waals surface area contributed by atoms with E-state index in [-0.39, 0.29) is 0 Å². The molecule has 2 nitrogen and oxygen atoms in total. The van der Waals surface area contributed by atoms with Gasteiger partial charge in [0.05, 0.1) is 13.2 Å². The maximum Gasteiger partial charge on any atom is 0.0689 e. The van der Waals surface area contributed by atoms with Crippen molar-refractivity contribution >= 4 is 0 Å². The molecule has 0 amide bonds. The van der Waals surface area contributed by atoms with Gasteiger partial charge in [0.25, 0.3) is 0 Å². The third kappa shape index (κ3) is 2.56. The molecular weight excluding hydrogens is 258 g/mol. The molecule has 0 bridgehead atoms. The van der Waals surface area contributed by atoms with Gasteiger partial charge in [0.1, 0.15) is 0 Å². The molecule has 1 N–H and O–H groups in total. The van der Waals surface area contributed by atoms with E-state index in [4.69, 9.17) is 4.74 Å². The molecule has 2 aliphatic carbocycles. The van der Waals surface area contributed by atoms with Gasteiger partial charge in [0.15, 0.2) is 0 Å². The first-order valence-corrected chi connectivity index (χ1v) is 8.47. The first-order valence-electron chi connectivity index (χ1n) is 8.47. The number of nitrogens with one attached hydrogen (secondary N) is 1. The van der Waals surface area contributed by atoms with Crippen LogP contribution in [-0.4, -0.2) is 25.8 Å². The highest BCUT2D eigenvalue weighted by Gasteiger charge is 2.52. The highest BCUT2D eigenvalue weighted by molar-refractivity contribution is 5.28. The average Bonchev–Trinajstić information content (AvgIpc) is 2.94. The van der Waals surface area contributed by atoms with Gasteiger partial charge < -0.3 is 10.1 Å². The van der Waals surface area contributed by atoms with Gasteiger partial charge in [-0.3, -0.25) is 0 Å². The predicted molar refractivity (Wildman–Crippen MR) is 85.3 cm³/mol. The summed E-state index contributed by atoms with van der Waals surface area (Å²) in [5.41, 5.74) is 2.97. The minimum absolute atomic E-state index is 0.669. The predicted octanol–water partition coefficient (Wildman–Crippen LogP) is 3.51. The van der Waals surface area contributed by atoms with Gasteiger partial charge in [0, 0.05) is 18.5 Å². The van der Waals surface area contributed by atoms with Gasteiger partial charge in [-0.1, -0.05) is 42.8 Å². The van der Waals surface area contributed by atoms with Crippen LogP contribution in [0.1, 0.15) is 37.2 Å². The monoisotopic (exact) mass is 283 g/mol.